The lowest BCUT2D eigenvalue weighted by molar-refractivity contribution is 0.507. The second-order valence-electron chi connectivity index (χ2n) is 3.42. The van der Waals surface area contributed by atoms with E-state index in [-0.39, 0.29) is 0 Å². The first kappa shape index (κ1) is 11.5. The summed E-state index contributed by atoms with van der Waals surface area (Å²) >= 11 is 12.0. The minimum Gasteiger partial charge on any atom is -0.460 e. The smallest absolute Gasteiger partial charge is 0.135 e. The molecule has 2 rings (SSSR count). The number of furan rings is 1. The summed E-state index contributed by atoms with van der Waals surface area (Å²) in [6.45, 7) is 0.693. The van der Waals surface area contributed by atoms with Crippen molar-refractivity contribution in [1.29, 1.82) is 0 Å². The minimum atomic E-state index is 0.634. The number of hydrogen-bond acceptors (Lipinski definition) is 2. The van der Waals surface area contributed by atoms with E-state index >= 15 is 0 Å². The molecule has 4 heteroatoms. The van der Waals surface area contributed by atoms with Gasteiger partial charge in [-0.15, -0.1) is 0 Å². The van der Waals surface area contributed by atoms with Crippen LogP contribution in [0.15, 0.2) is 34.7 Å². The highest BCUT2D eigenvalue weighted by atomic mass is 35.5. The molecule has 2 aromatic rings. The van der Waals surface area contributed by atoms with Gasteiger partial charge in [-0.05, 0) is 37.4 Å². The summed E-state index contributed by atoms with van der Waals surface area (Å²) < 4.78 is 5.64. The second-order valence-corrected chi connectivity index (χ2v) is 4.26. The highest BCUT2D eigenvalue weighted by Crippen LogP contribution is 2.31. The van der Waals surface area contributed by atoms with E-state index in [0.29, 0.717) is 16.6 Å². The Morgan fingerprint density at radius 3 is 2.75 bits per heavy atom. The molecule has 16 heavy (non-hydrogen) atoms. The van der Waals surface area contributed by atoms with Crippen LogP contribution in [0.3, 0.4) is 0 Å². The number of hydrogen-bond donors (Lipinski definition) is 1. The molecule has 0 saturated heterocycles. The van der Waals surface area contributed by atoms with Crippen LogP contribution in [0.25, 0.3) is 11.3 Å². The first-order valence-corrected chi connectivity index (χ1v) is 5.65. The van der Waals surface area contributed by atoms with Crippen LogP contribution in [0.1, 0.15) is 5.76 Å². The average molecular weight is 256 g/mol. The second kappa shape index (κ2) is 4.91. The van der Waals surface area contributed by atoms with Crippen molar-refractivity contribution in [3.63, 3.8) is 0 Å². The van der Waals surface area contributed by atoms with Crippen molar-refractivity contribution in [2.24, 2.45) is 0 Å². The fourth-order valence-electron chi connectivity index (χ4n) is 1.48. The van der Waals surface area contributed by atoms with Crippen LogP contribution < -0.4 is 5.32 Å². The minimum absolute atomic E-state index is 0.634. The quantitative estimate of drug-likeness (QED) is 0.898. The van der Waals surface area contributed by atoms with Crippen molar-refractivity contribution in [2.75, 3.05) is 7.05 Å². The average Bonchev–Trinajstić information content (AvgIpc) is 2.71. The normalized spacial score (nSPS) is 10.7. The molecule has 0 atom stereocenters. The van der Waals surface area contributed by atoms with Gasteiger partial charge in [0.2, 0.25) is 0 Å². The van der Waals surface area contributed by atoms with Gasteiger partial charge >= 0.3 is 0 Å². The molecule has 0 radical (unpaired) electrons. The summed E-state index contributed by atoms with van der Waals surface area (Å²) in [4.78, 5) is 0. The molecule has 1 heterocycles. The molecule has 0 aliphatic carbocycles. The first-order chi connectivity index (χ1) is 7.70. The van der Waals surface area contributed by atoms with Gasteiger partial charge in [-0.1, -0.05) is 23.2 Å². The number of nitrogens with one attached hydrogen (secondary N) is 1. The molecule has 0 aliphatic heterocycles. The predicted molar refractivity (Wildman–Crippen MR) is 66.9 cm³/mol. The number of rotatable bonds is 3. The van der Waals surface area contributed by atoms with E-state index in [1.807, 2.05) is 19.2 Å². The van der Waals surface area contributed by atoms with Crippen molar-refractivity contribution in [3.8, 4) is 11.3 Å². The van der Waals surface area contributed by atoms with E-state index in [1.165, 1.54) is 0 Å². The van der Waals surface area contributed by atoms with Crippen LogP contribution in [0.4, 0.5) is 0 Å². The molecule has 1 N–H and O–H groups in total. The van der Waals surface area contributed by atoms with Crippen LogP contribution in [-0.4, -0.2) is 7.05 Å². The third-order valence-corrected chi connectivity index (χ3v) is 2.77. The fraction of sp³-hybridized carbons (Fsp3) is 0.167. The zero-order chi connectivity index (χ0) is 11.5. The van der Waals surface area contributed by atoms with Crippen molar-refractivity contribution >= 4 is 23.2 Å². The maximum absolute atomic E-state index is 6.08. The van der Waals surface area contributed by atoms with Crippen molar-refractivity contribution < 1.29 is 4.42 Å². The van der Waals surface area contributed by atoms with Gasteiger partial charge in [0.25, 0.3) is 0 Å². The highest BCUT2D eigenvalue weighted by molar-refractivity contribution is 6.35. The first-order valence-electron chi connectivity index (χ1n) is 4.89. The SMILES string of the molecule is CNCc1ccc(-c2cc(Cl)ccc2Cl)o1. The molecule has 0 aliphatic rings. The Labute approximate surface area is 104 Å². The zero-order valence-electron chi connectivity index (χ0n) is 8.76. The maximum Gasteiger partial charge on any atom is 0.135 e. The molecule has 0 unspecified atom stereocenters. The van der Waals surface area contributed by atoms with Crippen molar-refractivity contribution in [3.05, 3.63) is 46.1 Å². The lowest BCUT2D eigenvalue weighted by Crippen LogP contribution is -2.03. The summed E-state index contributed by atoms with van der Waals surface area (Å²) in [5, 5.41) is 4.30. The largest absolute Gasteiger partial charge is 0.460 e. The zero-order valence-corrected chi connectivity index (χ0v) is 10.3. The third kappa shape index (κ3) is 2.40. The fourth-order valence-corrected chi connectivity index (χ4v) is 1.86. The molecule has 0 amide bonds. The van der Waals surface area contributed by atoms with Gasteiger partial charge in [-0.2, -0.15) is 0 Å². The van der Waals surface area contributed by atoms with Gasteiger partial charge in [0, 0.05) is 10.6 Å². The molecular weight excluding hydrogens is 245 g/mol. The number of halogens is 2. The molecular formula is C12H11Cl2NO. The molecule has 1 aromatic heterocycles. The lowest BCUT2D eigenvalue weighted by atomic mass is 10.2. The molecule has 1 aromatic carbocycles. The molecule has 0 fully saturated rings. The van der Waals surface area contributed by atoms with E-state index in [2.05, 4.69) is 5.32 Å². The molecule has 84 valence electrons. The Morgan fingerprint density at radius 1 is 1.19 bits per heavy atom. The van der Waals surface area contributed by atoms with E-state index in [1.54, 1.807) is 18.2 Å². The highest BCUT2D eigenvalue weighted by Gasteiger charge is 2.08. The van der Waals surface area contributed by atoms with Gasteiger partial charge < -0.3 is 9.73 Å². The third-order valence-electron chi connectivity index (χ3n) is 2.21. The van der Waals surface area contributed by atoms with Crippen molar-refractivity contribution in [2.45, 2.75) is 6.54 Å². The Balaban J connectivity index is 2.38. The standard InChI is InChI=1S/C12H11Cl2NO/c1-15-7-9-3-5-12(16-9)10-6-8(13)2-4-11(10)14/h2-6,15H,7H2,1H3. The van der Waals surface area contributed by atoms with Crippen LogP contribution in [0, 0.1) is 0 Å². The van der Waals surface area contributed by atoms with Crippen LogP contribution in [-0.2, 0) is 6.54 Å². The van der Waals surface area contributed by atoms with Crippen LogP contribution in [0.2, 0.25) is 10.0 Å². The lowest BCUT2D eigenvalue weighted by Gasteiger charge is -2.01. The Kier molecular flexibility index (Phi) is 3.54. The monoisotopic (exact) mass is 255 g/mol. The van der Waals surface area contributed by atoms with Crippen molar-refractivity contribution in [1.82, 2.24) is 5.32 Å². The topological polar surface area (TPSA) is 25.2 Å². The molecule has 0 spiro atoms. The Bertz CT molecular complexity index is 494. The predicted octanol–water partition coefficient (Wildman–Crippen LogP) is 3.97. The van der Waals surface area contributed by atoms with E-state index in [0.717, 1.165) is 17.1 Å². The van der Waals surface area contributed by atoms with Crippen LogP contribution in [0.5, 0.6) is 0 Å². The van der Waals surface area contributed by atoms with Gasteiger partial charge in [0.05, 0.1) is 11.6 Å². The molecule has 0 saturated carbocycles. The summed E-state index contributed by atoms with van der Waals surface area (Å²) in [6.07, 6.45) is 0. The maximum atomic E-state index is 6.08. The molecule has 0 bridgehead atoms. The van der Waals surface area contributed by atoms with Crippen LogP contribution >= 0.6 is 23.2 Å². The van der Waals surface area contributed by atoms with E-state index in [4.69, 9.17) is 27.6 Å². The summed E-state index contributed by atoms with van der Waals surface area (Å²) in [6, 6.07) is 9.13. The number of benzene rings is 1. The van der Waals surface area contributed by atoms with Gasteiger partial charge in [0.1, 0.15) is 11.5 Å². The van der Waals surface area contributed by atoms with E-state index in [9.17, 15) is 0 Å². The molecule has 2 nitrogen and oxygen atoms in total. The summed E-state index contributed by atoms with van der Waals surface area (Å²) in [5.41, 5.74) is 0.816. The van der Waals surface area contributed by atoms with Gasteiger partial charge in [-0.25, -0.2) is 0 Å². The Hall–Kier alpha value is -0.960. The summed E-state index contributed by atoms with van der Waals surface area (Å²) in [5.74, 6) is 1.60. The van der Waals surface area contributed by atoms with Gasteiger partial charge in [-0.3, -0.25) is 0 Å². The Morgan fingerprint density at radius 2 is 2.00 bits per heavy atom. The van der Waals surface area contributed by atoms with Gasteiger partial charge in [0.15, 0.2) is 0 Å². The van der Waals surface area contributed by atoms with E-state index < -0.39 is 0 Å². The summed E-state index contributed by atoms with van der Waals surface area (Å²) in [7, 11) is 1.87.